The van der Waals surface area contributed by atoms with Crippen molar-refractivity contribution < 1.29 is 4.52 Å². The highest BCUT2D eigenvalue weighted by Gasteiger charge is 2.34. The van der Waals surface area contributed by atoms with Crippen molar-refractivity contribution in [1.82, 2.24) is 15.5 Å². The first-order chi connectivity index (χ1) is 10.2. The molecule has 3 rings (SSSR count). The second-order valence-electron chi connectivity index (χ2n) is 6.89. The summed E-state index contributed by atoms with van der Waals surface area (Å²) in [5.74, 6) is 6.62. The molecule has 2 atom stereocenters. The molecule has 1 saturated heterocycles. The quantitative estimate of drug-likeness (QED) is 0.923. The van der Waals surface area contributed by atoms with Crippen LogP contribution in [-0.4, -0.2) is 34.7 Å². The van der Waals surface area contributed by atoms with Gasteiger partial charge in [0.2, 0.25) is 5.89 Å². The molecule has 0 spiro atoms. The van der Waals surface area contributed by atoms with Gasteiger partial charge >= 0.3 is 0 Å². The highest BCUT2D eigenvalue weighted by molar-refractivity contribution is 7.99. The van der Waals surface area contributed by atoms with Crippen molar-refractivity contribution >= 4 is 11.8 Å². The zero-order valence-corrected chi connectivity index (χ0v) is 14.2. The summed E-state index contributed by atoms with van der Waals surface area (Å²) in [7, 11) is 2.02. The van der Waals surface area contributed by atoms with Crippen LogP contribution in [0.25, 0.3) is 0 Å². The molecule has 1 saturated carbocycles. The molecular weight excluding hydrogens is 282 g/mol. The van der Waals surface area contributed by atoms with Gasteiger partial charge < -0.3 is 9.84 Å². The third kappa shape index (κ3) is 3.29. The van der Waals surface area contributed by atoms with Gasteiger partial charge in [-0.15, -0.1) is 0 Å². The number of nitrogens with one attached hydrogen (secondary N) is 1. The van der Waals surface area contributed by atoms with Crippen LogP contribution in [0, 0.1) is 11.8 Å². The fourth-order valence-corrected chi connectivity index (χ4v) is 5.11. The molecule has 4 nitrogen and oxygen atoms in total. The summed E-state index contributed by atoms with van der Waals surface area (Å²) in [5.41, 5.74) is 0. The van der Waals surface area contributed by atoms with E-state index in [1.165, 1.54) is 25.7 Å². The number of nitrogens with zero attached hydrogens (tertiary/aromatic N) is 2. The Bertz CT molecular complexity index is 454. The van der Waals surface area contributed by atoms with Gasteiger partial charge in [0.15, 0.2) is 5.82 Å². The van der Waals surface area contributed by atoms with Gasteiger partial charge in [-0.2, -0.15) is 16.7 Å². The van der Waals surface area contributed by atoms with Crippen LogP contribution in [0.2, 0.25) is 0 Å². The average Bonchev–Trinajstić information content (AvgIpc) is 3.15. The van der Waals surface area contributed by atoms with Crippen molar-refractivity contribution in [3.63, 3.8) is 0 Å². The lowest BCUT2D eigenvalue weighted by atomic mass is 9.77. The first kappa shape index (κ1) is 15.3. The van der Waals surface area contributed by atoms with Crippen LogP contribution in [0.1, 0.15) is 63.1 Å². The van der Waals surface area contributed by atoms with Gasteiger partial charge in [-0.3, -0.25) is 0 Å². The largest absolute Gasteiger partial charge is 0.339 e. The number of hydrogen-bond donors (Lipinski definition) is 1. The molecular formula is C16H27N3OS. The normalized spacial score (nSPS) is 33.7. The first-order valence-electron chi connectivity index (χ1n) is 8.27. The van der Waals surface area contributed by atoms with Crippen molar-refractivity contribution in [2.45, 2.75) is 57.4 Å². The molecule has 0 amide bonds. The zero-order chi connectivity index (χ0) is 14.8. The van der Waals surface area contributed by atoms with E-state index in [0.29, 0.717) is 17.9 Å². The molecule has 0 bridgehead atoms. The van der Waals surface area contributed by atoms with E-state index >= 15 is 0 Å². The minimum absolute atomic E-state index is 0.383. The summed E-state index contributed by atoms with van der Waals surface area (Å²) in [6, 6.07) is 0.472. The van der Waals surface area contributed by atoms with Crippen LogP contribution in [0.15, 0.2) is 4.52 Å². The number of thioether (sulfide) groups is 1. The van der Waals surface area contributed by atoms with Gasteiger partial charge in [0.25, 0.3) is 0 Å². The molecule has 0 radical (unpaired) electrons. The second-order valence-corrected chi connectivity index (χ2v) is 7.96. The maximum absolute atomic E-state index is 5.59. The topological polar surface area (TPSA) is 51.0 Å². The standard InChI is InChI=1S/C16H27N3OS/c1-10(2)11-4-6-12(7-5-11)15-18-16(20-19-15)13-8-21-9-14(13)17-3/h10-14,17H,4-9H2,1-3H3. The van der Waals surface area contributed by atoms with E-state index in [0.717, 1.165) is 35.1 Å². The number of aromatic nitrogens is 2. The van der Waals surface area contributed by atoms with Crippen LogP contribution in [0.5, 0.6) is 0 Å². The Labute approximate surface area is 131 Å². The highest BCUT2D eigenvalue weighted by Crippen LogP contribution is 2.38. The van der Waals surface area contributed by atoms with Crippen molar-refractivity contribution in [3.8, 4) is 0 Å². The number of rotatable bonds is 4. The van der Waals surface area contributed by atoms with Crippen molar-refractivity contribution in [2.24, 2.45) is 11.8 Å². The minimum atomic E-state index is 0.383. The Balaban J connectivity index is 1.63. The third-order valence-electron chi connectivity index (χ3n) is 5.31. The molecule has 2 unspecified atom stereocenters. The molecule has 21 heavy (non-hydrogen) atoms. The SMILES string of the molecule is CNC1CSCC1c1nc(C2CCC(C(C)C)CC2)no1. The van der Waals surface area contributed by atoms with Crippen molar-refractivity contribution in [1.29, 1.82) is 0 Å². The molecule has 1 aliphatic carbocycles. The number of hydrogen-bond acceptors (Lipinski definition) is 5. The van der Waals surface area contributed by atoms with Crippen molar-refractivity contribution in [2.75, 3.05) is 18.6 Å². The van der Waals surface area contributed by atoms with Crippen molar-refractivity contribution in [3.05, 3.63) is 11.7 Å². The van der Waals surface area contributed by atoms with Crippen LogP contribution < -0.4 is 5.32 Å². The Morgan fingerprint density at radius 2 is 1.95 bits per heavy atom. The van der Waals surface area contributed by atoms with E-state index in [2.05, 4.69) is 24.3 Å². The lowest BCUT2D eigenvalue weighted by Gasteiger charge is -2.29. The van der Waals surface area contributed by atoms with Gasteiger partial charge in [0, 0.05) is 23.5 Å². The van der Waals surface area contributed by atoms with E-state index in [4.69, 9.17) is 9.51 Å². The summed E-state index contributed by atoms with van der Waals surface area (Å²) >= 11 is 1.97. The second kappa shape index (κ2) is 6.69. The maximum Gasteiger partial charge on any atom is 0.232 e. The Hall–Kier alpha value is -0.550. The van der Waals surface area contributed by atoms with Crippen LogP contribution in [-0.2, 0) is 0 Å². The van der Waals surface area contributed by atoms with Crippen LogP contribution >= 0.6 is 11.8 Å². The maximum atomic E-state index is 5.59. The monoisotopic (exact) mass is 309 g/mol. The number of likely N-dealkylation sites (N-methyl/N-ethyl adjacent to an activating group) is 1. The van der Waals surface area contributed by atoms with E-state index < -0.39 is 0 Å². The molecule has 2 heterocycles. The molecule has 2 fully saturated rings. The highest BCUT2D eigenvalue weighted by atomic mass is 32.2. The van der Waals surface area contributed by atoms with E-state index in [1.807, 2.05) is 18.8 Å². The molecule has 1 aromatic rings. The smallest absolute Gasteiger partial charge is 0.232 e. The van der Waals surface area contributed by atoms with E-state index in [-0.39, 0.29) is 0 Å². The van der Waals surface area contributed by atoms with E-state index in [9.17, 15) is 0 Å². The predicted octanol–water partition coefficient (Wildman–Crippen LogP) is 3.42. The predicted molar refractivity (Wildman–Crippen MR) is 86.7 cm³/mol. The average molecular weight is 309 g/mol. The fraction of sp³-hybridized carbons (Fsp3) is 0.875. The van der Waals surface area contributed by atoms with Crippen LogP contribution in [0.3, 0.4) is 0 Å². The lowest BCUT2D eigenvalue weighted by Crippen LogP contribution is -2.31. The third-order valence-corrected chi connectivity index (χ3v) is 6.50. The molecule has 1 N–H and O–H groups in total. The summed E-state index contributed by atoms with van der Waals surface area (Å²) in [6.07, 6.45) is 5.06. The molecule has 0 aromatic carbocycles. The fourth-order valence-electron chi connectivity index (χ4n) is 3.69. The van der Waals surface area contributed by atoms with Gasteiger partial charge in [-0.1, -0.05) is 19.0 Å². The zero-order valence-electron chi connectivity index (χ0n) is 13.3. The molecule has 1 aromatic heterocycles. The Morgan fingerprint density at radius 1 is 1.19 bits per heavy atom. The lowest BCUT2D eigenvalue weighted by molar-refractivity contribution is 0.251. The van der Waals surface area contributed by atoms with Gasteiger partial charge in [0.05, 0.1) is 5.92 Å². The summed E-state index contributed by atoms with van der Waals surface area (Å²) in [4.78, 5) is 4.75. The van der Waals surface area contributed by atoms with E-state index in [1.54, 1.807) is 0 Å². The summed E-state index contributed by atoms with van der Waals surface area (Å²) < 4.78 is 5.59. The Kier molecular flexibility index (Phi) is 4.89. The summed E-state index contributed by atoms with van der Waals surface area (Å²) in [5, 5.41) is 7.67. The molecule has 1 aliphatic heterocycles. The first-order valence-corrected chi connectivity index (χ1v) is 9.43. The van der Waals surface area contributed by atoms with Gasteiger partial charge in [-0.25, -0.2) is 0 Å². The Morgan fingerprint density at radius 3 is 2.62 bits per heavy atom. The minimum Gasteiger partial charge on any atom is -0.339 e. The van der Waals surface area contributed by atoms with Gasteiger partial charge in [0.1, 0.15) is 0 Å². The van der Waals surface area contributed by atoms with Gasteiger partial charge in [-0.05, 0) is 44.6 Å². The molecule has 5 heteroatoms. The summed E-state index contributed by atoms with van der Waals surface area (Å²) in [6.45, 7) is 4.68. The molecule has 118 valence electrons. The molecule has 2 aliphatic rings. The van der Waals surface area contributed by atoms with Crippen LogP contribution in [0.4, 0.5) is 0 Å².